The van der Waals surface area contributed by atoms with Crippen molar-refractivity contribution in [3.05, 3.63) is 75.2 Å². The van der Waals surface area contributed by atoms with Crippen molar-refractivity contribution in [1.82, 2.24) is 19.5 Å². The van der Waals surface area contributed by atoms with E-state index in [2.05, 4.69) is 10.3 Å². The predicted octanol–water partition coefficient (Wildman–Crippen LogP) is 5.35. The van der Waals surface area contributed by atoms with Gasteiger partial charge in [0.25, 0.3) is 11.5 Å². The van der Waals surface area contributed by atoms with Gasteiger partial charge < -0.3 is 20.3 Å². The molecule has 192 valence electrons. The van der Waals surface area contributed by atoms with E-state index in [1.165, 1.54) is 4.90 Å². The maximum Gasteiger partial charge on any atom is 0.407 e. The normalized spacial score (nSPS) is 18.3. The van der Waals surface area contributed by atoms with Crippen LogP contribution < -0.4 is 10.9 Å². The second-order valence-corrected chi connectivity index (χ2v) is 11.0. The number of piperidine rings is 1. The largest absolute Gasteiger partial charge is 0.465 e. The summed E-state index contributed by atoms with van der Waals surface area (Å²) in [5, 5.41) is 18.6. The second-order valence-electron chi connectivity index (χ2n) is 10.6. The highest BCUT2D eigenvalue weighted by atomic mass is 35.5. The summed E-state index contributed by atoms with van der Waals surface area (Å²) in [6.45, 7) is 6.46. The van der Waals surface area contributed by atoms with E-state index in [1.807, 2.05) is 26.8 Å². The summed E-state index contributed by atoms with van der Waals surface area (Å²) in [5.74, 6) is -0.373. The van der Waals surface area contributed by atoms with Crippen molar-refractivity contribution in [1.29, 1.82) is 0 Å². The molecule has 37 heavy (non-hydrogen) atoms. The zero-order chi connectivity index (χ0) is 26.5. The first-order valence-corrected chi connectivity index (χ1v) is 12.5. The lowest BCUT2D eigenvalue weighted by atomic mass is 9.76. The SMILES string of the molecule is CC(C)(C)C1CC(c2cc(=O)[nH]c3c4c(NC(=O)c5ccc(Cl)cc5)cccc4nn23)CCN1C(=O)O. The highest BCUT2D eigenvalue weighted by molar-refractivity contribution is 6.30. The Morgan fingerprint density at radius 2 is 1.89 bits per heavy atom. The summed E-state index contributed by atoms with van der Waals surface area (Å²) in [7, 11) is 0. The minimum absolute atomic E-state index is 0.0638. The van der Waals surface area contributed by atoms with Gasteiger partial charge in [-0.3, -0.25) is 9.59 Å². The third-order valence-corrected chi connectivity index (χ3v) is 7.34. The number of H-pyrrole nitrogens is 1. The smallest absolute Gasteiger partial charge is 0.407 e. The Bertz CT molecular complexity index is 1570. The number of carboxylic acid groups (broad SMARTS) is 1. The van der Waals surface area contributed by atoms with Crippen LogP contribution >= 0.6 is 11.6 Å². The summed E-state index contributed by atoms with van der Waals surface area (Å²) < 4.78 is 1.73. The number of nitrogens with one attached hydrogen (secondary N) is 2. The van der Waals surface area contributed by atoms with Gasteiger partial charge in [0.05, 0.1) is 22.3 Å². The van der Waals surface area contributed by atoms with E-state index in [9.17, 15) is 19.5 Å². The maximum atomic E-state index is 12.9. The minimum atomic E-state index is -0.930. The van der Waals surface area contributed by atoms with E-state index < -0.39 is 6.09 Å². The first kappa shape index (κ1) is 24.8. The summed E-state index contributed by atoms with van der Waals surface area (Å²) in [4.78, 5) is 42.0. The third-order valence-electron chi connectivity index (χ3n) is 7.08. The molecule has 9 nitrogen and oxygen atoms in total. The average Bonchev–Trinajstić information content (AvgIpc) is 3.22. The van der Waals surface area contributed by atoms with Crippen LogP contribution in [0.15, 0.2) is 53.3 Å². The van der Waals surface area contributed by atoms with Gasteiger partial charge in [-0.15, -0.1) is 0 Å². The van der Waals surface area contributed by atoms with Crippen molar-refractivity contribution in [2.75, 3.05) is 11.9 Å². The number of likely N-dealkylation sites (tertiary alicyclic amines) is 1. The number of halogens is 1. The van der Waals surface area contributed by atoms with Gasteiger partial charge in [0.15, 0.2) is 0 Å². The lowest BCUT2D eigenvalue weighted by Crippen LogP contribution is -2.51. The fourth-order valence-electron chi connectivity index (χ4n) is 5.26. The number of anilines is 1. The molecule has 1 aliphatic heterocycles. The average molecular weight is 522 g/mol. The van der Waals surface area contributed by atoms with Crippen LogP contribution in [-0.4, -0.2) is 49.2 Å². The Kier molecular flexibility index (Phi) is 6.19. The molecule has 2 aromatic heterocycles. The lowest BCUT2D eigenvalue weighted by Gasteiger charge is -2.44. The zero-order valence-corrected chi connectivity index (χ0v) is 21.5. The van der Waals surface area contributed by atoms with Crippen molar-refractivity contribution < 1.29 is 14.7 Å². The number of aromatic nitrogens is 3. The van der Waals surface area contributed by atoms with Gasteiger partial charge in [0.2, 0.25) is 0 Å². The highest BCUT2D eigenvalue weighted by Crippen LogP contribution is 2.39. The van der Waals surface area contributed by atoms with Gasteiger partial charge in [-0.2, -0.15) is 5.10 Å². The molecule has 0 spiro atoms. The number of benzene rings is 2. The quantitative estimate of drug-likeness (QED) is 0.335. The van der Waals surface area contributed by atoms with Gasteiger partial charge >= 0.3 is 6.09 Å². The standard InChI is InChI=1S/C27H28ClN5O4/c1-27(2,3)21-13-16(11-12-32(21)26(36)37)20-14-22(34)30-24-23-18(5-4-6-19(23)31-33(20)24)29-25(35)15-7-9-17(28)10-8-15/h4-10,14,16,21H,11-13H2,1-3H3,(H,29,35)(H,30,34)(H,36,37). The van der Waals surface area contributed by atoms with Crippen LogP contribution in [0.3, 0.4) is 0 Å². The number of hydrogen-bond donors (Lipinski definition) is 3. The van der Waals surface area contributed by atoms with E-state index in [1.54, 1.807) is 47.0 Å². The zero-order valence-electron chi connectivity index (χ0n) is 20.8. The molecule has 1 aliphatic rings. The van der Waals surface area contributed by atoms with Crippen LogP contribution in [0.4, 0.5) is 10.5 Å². The summed E-state index contributed by atoms with van der Waals surface area (Å²) in [6, 6.07) is 13.3. The van der Waals surface area contributed by atoms with Gasteiger partial charge in [-0.25, -0.2) is 9.31 Å². The minimum Gasteiger partial charge on any atom is -0.465 e. The Labute approximate surface area is 218 Å². The molecule has 3 heterocycles. The number of carbonyl (C=O) groups excluding carboxylic acids is 1. The molecular formula is C27H28ClN5O4. The molecule has 0 radical (unpaired) electrons. The summed E-state index contributed by atoms with van der Waals surface area (Å²) in [5.41, 5.74) is 2.25. The molecule has 5 rings (SSSR count). The molecule has 10 heteroatoms. The van der Waals surface area contributed by atoms with E-state index in [0.717, 1.165) is 5.69 Å². The lowest BCUT2D eigenvalue weighted by molar-refractivity contribution is 0.0518. The number of carbonyl (C=O) groups is 2. The molecule has 3 N–H and O–H groups in total. The monoisotopic (exact) mass is 521 g/mol. The molecular weight excluding hydrogens is 494 g/mol. The van der Waals surface area contributed by atoms with Crippen LogP contribution in [0.2, 0.25) is 5.02 Å². The van der Waals surface area contributed by atoms with Crippen LogP contribution in [0, 0.1) is 5.41 Å². The first-order valence-electron chi connectivity index (χ1n) is 12.1. The fourth-order valence-corrected chi connectivity index (χ4v) is 5.39. The van der Waals surface area contributed by atoms with Crippen molar-refractivity contribution in [3.8, 4) is 0 Å². The molecule has 4 aromatic rings. The number of amides is 2. The number of aromatic amines is 1. The van der Waals surface area contributed by atoms with Gasteiger partial charge in [-0.05, 0) is 54.7 Å². The molecule has 0 saturated carbocycles. The molecule has 2 amide bonds. The fraction of sp³-hybridized carbons (Fsp3) is 0.333. The number of fused-ring (bicyclic) bond motifs is 3. The van der Waals surface area contributed by atoms with Gasteiger partial charge in [0.1, 0.15) is 5.65 Å². The molecule has 0 aliphatic carbocycles. The third kappa shape index (κ3) is 4.67. The van der Waals surface area contributed by atoms with Crippen LogP contribution in [0.5, 0.6) is 0 Å². The Balaban J connectivity index is 1.58. The van der Waals surface area contributed by atoms with E-state index >= 15 is 0 Å². The Morgan fingerprint density at radius 1 is 1.16 bits per heavy atom. The van der Waals surface area contributed by atoms with Crippen LogP contribution in [0.25, 0.3) is 16.6 Å². The van der Waals surface area contributed by atoms with E-state index in [-0.39, 0.29) is 28.8 Å². The van der Waals surface area contributed by atoms with Gasteiger partial charge in [0, 0.05) is 35.2 Å². The van der Waals surface area contributed by atoms with E-state index in [0.29, 0.717) is 52.2 Å². The highest BCUT2D eigenvalue weighted by Gasteiger charge is 2.40. The summed E-state index contributed by atoms with van der Waals surface area (Å²) in [6.07, 6.45) is 0.221. The Morgan fingerprint density at radius 3 is 2.57 bits per heavy atom. The van der Waals surface area contributed by atoms with Crippen molar-refractivity contribution in [2.45, 2.75) is 45.6 Å². The first-order chi connectivity index (χ1) is 17.5. The predicted molar refractivity (Wildman–Crippen MR) is 143 cm³/mol. The van der Waals surface area contributed by atoms with Crippen LogP contribution in [-0.2, 0) is 0 Å². The number of hydrogen-bond acceptors (Lipinski definition) is 4. The van der Waals surface area contributed by atoms with Crippen molar-refractivity contribution in [3.63, 3.8) is 0 Å². The number of nitrogens with zero attached hydrogens (tertiary/aromatic N) is 3. The van der Waals surface area contributed by atoms with Crippen LogP contribution in [0.1, 0.15) is 55.6 Å². The topological polar surface area (TPSA) is 120 Å². The number of rotatable bonds is 3. The molecule has 0 bridgehead atoms. The molecule has 2 atom stereocenters. The maximum absolute atomic E-state index is 12.9. The second kappa shape index (κ2) is 9.23. The van der Waals surface area contributed by atoms with Gasteiger partial charge in [-0.1, -0.05) is 38.4 Å². The molecule has 2 aromatic carbocycles. The summed E-state index contributed by atoms with van der Waals surface area (Å²) >= 11 is 5.95. The Hall–Kier alpha value is -3.85. The van der Waals surface area contributed by atoms with Crippen molar-refractivity contribution in [2.24, 2.45) is 5.41 Å². The molecule has 2 unspecified atom stereocenters. The molecule has 1 fully saturated rings. The van der Waals surface area contributed by atoms with E-state index in [4.69, 9.17) is 16.7 Å². The van der Waals surface area contributed by atoms with Crippen molar-refractivity contribution >= 4 is 45.8 Å². The molecule has 1 saturated heterocycles.